The third kappa shape index (κ3) is 2.94. The molecule has 2 aromatic carbocycles. The highest BCUT2D eigenvalue weighted by Crippen LogP contribution is 2.25. The average molecular weight is 289 g/mol. The second-order valence-corrected chi connectivity index (χ2v) is 5.37. The van der Waals surface area contributed by atoms with Gasteiger partial charge in [-0.15, -0.1) is 0 Å². The molecule has 0 aromatic heterocycles. The van der Waals surface area contributed by atoms with Crippen LogP contribution in [-0.4, -0.2) is 5.91 Å². The van der Waals surface area contributed by atoms with E-state index in [1.54, 1.807) is 12.1 Å². The molecule has 104 valence electrons. The minimum Gasteiger partial charge on any atom is -0.397 e. The predicted octanol–water partition coefficient (Wildman–Crippen LogP) is 4.10. The van der Waals surface area contributed by atoms with E-state index in [0.29, 0.717) is 22.0 Å². The van der Waals surface area contributed by atoms with Crippen LogP contribution in [0.2, 0.25) is 5.02 Å². The van der Waals surface area contributed by atoms with Gasteiger partial charge in [-0.1, -0.05) is 17.7 Å². The van der Waals surface area contributed by atoms with Crippen LogP contribution in [0.3, 0.4) is 0 Å². The summed E-state index contributed by atoms with van der Waals surface area (Å²) < 4.78 is 0. The molecule has 0 atom stereocenters. The van der Waals surface area contributed by atoms with Gasteiger partial charge in [0.2, 0.25) is 0 Å². The molecule has 0 unspecified atom stereocenters. The first-order valence-corrected chi connectivity index (χ1v) is 6.70. The quantitative estimate of drug-likeness (QED) is 0.818. The van der Waals surface area contributed by atoms with E-state index in [1.165, 1.54) is 0 Å². The highest BCUT2D eigenvalue weighted by molar-refractivity contribution is 6.34. The molecule has 3 nitrogen and oxygen atoms in total. The van der Waals surface area contributed by atoms with Crippen LogP contribution in [0, 0.1) is 20.8 Å². The van der Waals surface area contributed by atoms with Crippen molar-refractivity contribution in [1.29, 1.82) is 0 Å². The van der Waals surface area contributed by atoms with Crippen molar-refractivity contribution in [3.05, 3.63) is 57.6 Å². The van der Waals surface area contributed by atoms with Crippen molar-refractivity contribution in [2.75, 3.05) is 11.1 Å². The number of nitrogens with one attached hydrogen (secondary N) is 1. The van der Waals surface area contributed by atoms with Crippen LogP contribution in [0.25, 0.3) is 0 Å². The van der Waals surface area contributed by atoms with Crippen LogP contribution in [0.5, 0.6) is 0 Å². The van der Waals surface area contributed by atoms with Gasteiger partial charge in [0.1, 0.15) is 0 Å². The summed E-state index contributed by atoms with van der Waals surface area (Å²) in [5.74, 6) is -0.259. The molecule has 2 aromatic rings. The lowest BCUT2D eigenvalue weighted by molar-refractivity contribution is 0.102. The third-order valence-corrected chi connectivity index (χ3v) is 3.60. The third-order valence-electron chi connectivity index (χ3n) is 3.28. The fraction of sp³-hybridized carbons (Fsp3) is 0.188. The largest absolute Gasteiger partial charge is 0.397 e. The molecule has 4 heteroatoms. The molecule has 0 radical (unpaired) electrons. The number of carbonyl (C=O) groups excluding carboxylic acids is 1. The Morgan fingerprint density at radius 1 is 1.10 bits per heavy atom. The topological polar surface area (TPSA) is 55.1 Å². The minimum atomic E-state index is -0.259. The maximum atomic E-state index is 12.2. The summed E-state index contributed by atoms with van der Waals surface area (Å²) in [7, 11) is 0. The van der Waals surface area contributed by atoms with Crippen LogP contribution in [0.4, 0.5) is 11.4 Å². The molecule has 0 spiro atoms. The van der Waals surface area contributed by atoms with Gasteiger partial charge >= 0.3 is 0 Å². The molecular formula is C16H17ClN2O. The number of halogens is 1. The molecule has 20 heavy (non-hydrogen) atoms. The zero-order valence-electron chi connectivity index (χ0n) is 11.8. The van der Waals surface area contributed by atoms with Crippen LogP contribution >= 0.6 is 11.6 Å². The summed E-state index contributed by atoms with van der Waals surface area (Å²) in [4.78, 5) is 12.2. The van der Waals surface area contributed by atoms with Crippen LogP contribution in [-0.2, 0) is 0 Å². The van der Waals surface area contributed by atoms with Gasteiger partial charge in [0, 0.05) is 0 Å². The van der Waals surface area contributed by atoms with Crippen LogP contribution in [0.1, 0.15) is 27.0 Å². The zero-order valence-corrected chi connectivity index (χ0v) is 12.5. The summed E-state index contributed by atoms with van der Waals surface area (Å²) in [6, 6.07) is 9.04. The number of amides is 1. The van der Waals surface area contributed by atoms with Gasteiger partial charge in [-0.25, -0.2) is 0 Å². The molecular weight excluding hydrogens is 272 g/mol. The van der Waals surface area contributed by atoms with Gasteiger partial charge in [0.15, 0.2) is 0 Å². The lowest BCUT2D eigenvalue weighted by Crippen LogP contribution is -2.14. The van der Waals surface area contributed by atoms with Gasteiger partial charge < -0.3 is 11.1 Å². The van der Waals surface area contributed by atoms with E-state index in [2.05, 4.69) is 5.32 Å². The van der Waals surface area contributed by atoms with Crippen molar-refractivity contribution in [1.82, 2.24) is 0 Å². The van der Waals surface area contributed by atoms with E-state index in [0.717, 1.165) is 16.7 Å². The fourth-order valence-corrected chi connectivity index (χ4v) is 2.26. The average Bonchev–Trinajstić information content (AvgIpc) is 2.35. The standard InChI is InChI=1S/C16H17ClN2O/c1-9-4-5-12(13(17)6-9)16(20)19-15-8-11(3)10(2)7-14(15)18/h4-8H,18H2,1-3H3,(H,19,20). The van der Waals surface area contributed by atoms with E-state index in [1.807, 2.05) is 39.0 Å². The Morgan fingerprint density at radius 3 is 2.40 bits per heavy atom. The van der Waals surface area contributed by atoms with E-state index >= 15 is 0 Å². The van der Waals surface area contributed by atoms with Crippen molar-refractivity contribution in [2.24, 2.45) is 0 Å². The summed E-state index contributed by atoms with van der Waals surface area (Å²) in [5.41, 5.74) is 10.7. The first-order chi connectivity index (χ1) is 9.38. The smallest absolute Gasteiger partial charge is 0.257 e. The summed E-state index contributed by atoms with van der Waals surface area (Å²) in [5, 5.41) is 3.24. The van der Waals surface area contributed by atoms with Gasteiger partial charge in [-0.2, -0.15) is 0 Å². The molecule has 1 amide bonds. The van der Waals surface area contributed by atoms with Crippen molar-refractivity contribution >= 4 is 28.9 Å². The highest BCUT2D eigenvalue weighted by atomic mass is 35.5. The first kappa shape index (κ1) is 14.4. The number of hydrogen-bond acceptors (Lipinski definition) is 2. The molecule has 2 rings (SSSR count). The predicted molar refractivity (Wildman–Crippen MR) is 84.5 cm³/mol. The van der Waals surface area contributed by atoms with E-state index < -0.39 is 0 Å². The Morgan fingerprint density at radius 2 is 1.75 bits per heavy atom. The minimum absolute atomic E-state index is 0.259. The van der Waals surface area contributed by atoms with Crippen molar-refractivity contribution in [3.8, 4) is 0 Å². The summed E-state index contributed by atoms with van der Waals surface area (Å²) >= 11 is 6.09. The molecule has 0 saturated heterocycles. The molecule has 0 heterocycles. The second-order valence-electron chi connectivity index (χ2n) is 4.96. The summed E-state index contributed by atoms with van der Waals surface area (Å²) in [6.07, 6.45) is 0. The number of nitrogens with two attached hydrogens (primary N) is 1. The second kappa shape index (κ2) is 5.55. The molecule has 0 aliphatic heterocycles. The van der Waals surface area contributed by atoms with Crippen LogP contribution in [0.15, 0.2) is 30.3 Å². The number of carbonyl (C=O) groups is 1. The van der Waals surface area contributed by atoms with Gasteiger partial charge in [0.05, 0.1) is 22.0 Å². The lowest BCUT2D eigenvalue weighted by atomic mass is 10.1. The fourth-order valence-electron chi connectivity index (χ4n) is 1.94. The molecule has 3 N–H and O–H groups in total. The zero-order chi connectivity index (χ0) is 14.9. The van der Waals surface area contributed by atoms with E-state index in [9.17, 15) is 4.79 Å². The number of nitrogen functional groups attached to an aromatic ring is 1. The van der Waals surface area contributed by atoms with E-state index in [4.69, 9.17) is 17.3 Å². The molecule has 0 fully saturated rings. The molecule has 0 aliphatic carbocycles. The normalized spacial score (nSPS) is 10.4. The SMILES string of the molecule is Cc1ccc(C(=O)Nc2cc(C)c(C)cc2N)c(Cl)c1. The number of hydrogen-bond donors (Lipinski definition) is 2. The Balaban J connectivity index is 2.30. The number of aryl methyl sites for hydroxylation is 3. The number of benzene rings is 2. The first-order valence-electron chi connectivity index (χ1n) is 6.32. The van der Waals surface area contributed by atoms with Crippen molar-refractivity contribution in [3.63, 3.8) is 0 Å². The van der Waals surface area contributed by atoms with Crippen LogP contribution < -0.4 is 11.1 Å². The molecule has 0 bridgehead atoms. The van der Waals surface area contributed by atoms with Gasteiger partial charge in [-0.05, 0) is 61.7 Å². The molecule has 0 saturated carbocycles. The number of rotatable bonds is 2. The van der Waals surface area contributed by atoms with Gasteiger partial charge in [-0.3, -0.25) is 4.79 Å². The Labute approximate surface area is 123 Å². The maximum absolute atomic E-state index is 12.2. The summed E-state index contributed by atoms with van der Waals surface area (Å²) in [6.45, 7) is 5.88. The lowest BCUT2D eigenvalue weighted by Gasteiger charge is -2.12. The number of anilines is 2. The molecule has 0 aliphatic rings. The van der Waals surface area contributed by atoms with Crippen molar-refractivity contribution in [2.45, 2.75) is 20.8 Å². The highest BCUT2D eigenvalue weighted by Gasteiger charge is 2.12. The van der Waals surface area contributed by atoms with Gasteiger partial charge in [0.25, 0.3) is 5.91 Å². The Kier molecular flexibility index (Phi) is 4.00. The Hall–Kier alpha value is -2.00. The maximum Gasteiger partial charge on any atom is 0.257 e. The Bertz CT molecular complexity index is 680. The van der Waals surface area contributed by atoms with E-state index in [-0.39, 0.29) is 5.91 Å². The monoisotopic (exact) mass is 288 g/mol. The van der Waals surface area contributed by atoms with Crippen molar-refractivity contribution < 1.29 is 4.79 Å².